The van der Waals surface area contributed by atoms with Gasteiger partial charge >= 0.3 is 238 Å². The first kappa shape index (κ1) is 30.4. The van der Waals surface area contributed by atoms with Crippen LogP contribution >= 0.6 is 0 Å². The average molecular weight is 652 g/mol. The summed E-state index contributed by atoms with van der Waals surface area (Å²) in [6.07, 6.45) is -3.56. The Kier molecular flexibility index (Phi) is 11.1. The molecule has 5 atom stereocenters. The summed E-state index contributed by atoms with van der Waals surface area (Å²) in [6, 6.07) is 18.0. The van der Waals surface area contributed by atoms with Gasteiger partial charge in [0.05, 0.1) is 0 Å². The Labute approximate surface area is 237 Å². The van der Waals surface area contributed by atoms with Crippen molar-refractivity contribution in [2.24, 2.45) is 0 Å². The molecule has 1 aliphatic rings. The zero-order chi connectivity index (χ0) is 28.5. The molecule has 2 aromatic carbocycles. The molecule has 0 aromatic heterocycles. The minimum atomic E-state index is -1.21. The van der Waals surface area contributed by atoms with Crippen molar-refractivity contribution in [3.63, 3.8) is 0 Å². The third-order valence-corrected chi connectivity index (χ3v) is 8.79. The number of esters is 4. The van der Waals surface area contributed by atoms with Crippen molar-refractivity contribution in [1.29, 1.82) is 0 Å². The van der Waals surface area contributed by atoms with Crippen LogP contribution < -0.4 is 3.61 Å². The van der Waals surface area contributed by atoms with E-state index in [-0.39, 0.29) is 6.61 Å². The fraction of sp³-hybridized carbons (Fsp3) is 0.379. The van der Waals surface area contributed by atoms with Crippen LogP contribution in [0.1, 0.15) is 38.8 Å². The van der Waals surface area contributed by atoms with Gasteiger partial charge in [0, 0.05) is 0 Å². The van der Waals surface area contributed by atoms with Gasteiger partial charge in [0.15, 0.2) is 0 Å². The molecular formula is C29H32O9Te. The summed E-state index contributed by atoms with van der Waals surface area (Å²) in [5.74, 6) is -2.52. The van der Waals surface area contributed by atoms with Crippen molar-refractivity contribution < 1.29 is 42.9 Å². The van der Waals surface area contributed by atoms with Gasteiger partial charge in [-0.2, -0.15) is 0 Å². The van der Waals surface area contributed by atoms with Gasteiger partial charge in [-0.25, -0.2) is 0 Å². The van der Waals surface area contributed by atoms with Gasteiger partial charge in [0.25, 0.3) is 0 Å². The fourth-order valence-electron chi connectivity index (χ4n) is 4.07. The Bertz CT molecular complexity index is 1190. The molecule has 208 valence electrons. The van der Waals surface area contributed by atoms with Gasteiger partial charge < -0.3 is 0 Å². The van der Waals surface area contributed by atoms with Gasteiger partial charge in [-0.1, -0.05) is 0 Å². The molecule has 39 heavy (non-hydrogen) atoms. The number of carbonyl (C=O) groups excluding carboxylic acids is 4. The zero-order valence-corrected chi connectivity index (χ0v) is 24.8. The molecule has 0 radical (unpaired) electrons. The van der Waals surface area contributed by atoms with E-state index in [0.29, 0.717) is 0 Å². The molecule has 1 saturated heterocycles. The van der Waals surface area contributed by atoms with Crippen LogP contribution in [0, 0.1) is 6.92 Å². The second-order valence-electron chi connectivity index (χ2n) is 8.98. The summed E-state index contributed by atoms with van der Waals surface area (Å²) in [4.78, 5) is 47.9. The second-order valence-corrected chi connectivity index (χ2v) is 12.2. The third-order valence-electron chi connectivity index (χ3n) is 5.65. The molecule has 2 aromatic rings. The molecule has 0 spiro atoms. The van der Waals surface area contributed by atoms with E-state index in [4.69, 9.17) is 23.7 Å². The van der Waals surface area contributed by atoms with E-state index in [0.717, 1.165) is 14.7 Å². The van der Waals surface area contributed by atoms with Crippen LogP contribution in [0.15, 0.2) is 60.7 Å². The number of ether oxygens (including phenoxy) is 5. The molecular weight excluding hydrogens is 620 g/mol. The second kappa shape index (κ2) is 14.3. The number of hydrogen-bond acceptors (Lipinski definition) is 9. The number of carbonyl (C=O) groups is 4. The van der Waals surface area contributed by atoms with E-state index in [1.165, 1.54) is 31.3 Å². The van der Waals surface area contributed by atoms with Crippen LogP contribution in [-0.2, 0) is 42.9 Å². The quantitative estimate of drug-likeness (QED) is 0.229. The summed E-state index contributed by atoms with van der Waals surface area (Å²) < 4.78 is 30.3. The molecule has 0 saturated carbocycles. The van der Waals surface area contributed by atoms with Gasteiger partial charge in [0.1, 0.15) is 0 Å². The number of rotatable bonds is 9. The van der Waals surface area contributed by atoms with Crippen molar-refractivity contribution in [1.82, 2.24) is 0 Å². The van der Waals surface area contributed by atoms with E-state index in [1.54, 1.807) is 0 Å². The van der Waals surface area contributed by atoms with Crippen molar-refractivity contribution in [3.05, 3.63) is 71.8 Å². The van der Waals surface area contributed by atoms with Crippen molar-refractivity contribution in [2.45, 2.75) is 65.1 Å². The molecule has 1 fully saturated rings. The van der Waals surface area contributed by atoms with Crippen molar-refractivity contribution in [3.8, 4) is 0 Å². The van der Waals surface area contributed by atoms with Crippen molar-refractivity contribution >= 4 is 52.0 Å². The van der Waals surface area contributed by atoms with Crippen molar-refractivity contribution in [2.75, 3.05) is 6.61 Å². The standard InChI is InChI=1S/C29H32O9Te/c1-17-11-13-23(14-12-17)39-26(22-9-7-6-8-10-22)15-24-27(35-19(3)31)29(37-21(5)33)28(36-20(4)32)25(38-24)16-34-18(2)30/h6-15,24-25,27-29H,16H2,1-5H3/b26-15+/t24-,25-,27+,28+,29-/m1/s1. The van der Waals surface area contributed by atoms with Crippen LogP contribution in [0.5, 0.6) is 0 Å². The molecule has 0 aliphatic carbocycles. The first-order valence-electron chi connectivity index (χ1n) is 12.4. The summed E-state index contributed by atoms with van der Waals surface area (Å²) in [6.45, 7) is 6.63. The van der Waals surface area contributed by atoms with Gasteiger partial charge in [-0.05, 0) is 0 Å². The summed E-state index contributed by atoms with van der Waals surface area (Å²) in [7, 11) is 0. The Balaban J connectivity index is 2.12. The Morgan fingerprint density at radius 3 is 1.90 bits per heavy atom. The summed E-state index contributed by atoms with van der Waals surface area (Å²) >= 11 is -0.954. The predicted octanol–water partition coefficient (Wildman–Crippen LogP) is 2.49. The summed E-state index contributed by atoms with van der Waals surface area (Å²) in [5, 5.41) is 0. The van der Waals surface area contributed by atoms with E-state index >= 15 is 0 Å². The number of hydrogen-bond donors (Lipinski definition) is 0. The average Bonchev–Trinajstić information content (AvgIpc) is 2.87. The topological polar surface area (TPSA) is 114 Å². The molecule has 3 rings (SSSR count). The molecule has 1 heterocycles. The molecule has 1 aliphatic heterocycles. The van der Waals surface area contributed by atoms with Crippen LogP contribution in [0.25, 0.3) is 3.62 Å². The van der Waals surface area contributed by atoms with E-state index in [1.807, 2.05) is 43.3 Å². The number of aryl methyl sites for hydroxylation is 1. The van der Waals surface area contributed by atoms with Crippen LogP contribution in [0.3, 0.4) is 0 Å². The van der Waals surface area contributed by atoms with E-state index < -0.39 is 75.3 Å². The normalized spacial score (nSPS) is 22.9. The van der Waals surface area contributed by atoms with E-state index in [9.17, 15) is 19.2 Å². The molecule has 9 nitrogen and oxygen atoms in total. The van der Waals surface area contributed by atoms with Gasteiger partial charge in [-0.15, -0.1) is 0 Å². The first-order valence-corrected chi connectivity index (χ1v) is 14.7. The minimum absolute atomic E-state index is 0.266. The fourth-order valence-corrected chi connectivity index (χ4v) is 6.87. The molecule has 0 amide bonds. The third kappa shape index (κ3) is 9.20. The van der Waals surface area contributed by atoms with Gasteiger partial charge in [-0.3, -0.25) is 0 Å². The SMILES string of the molecule is CC(=O)OC[C@H]1O[C@H](/C=C(/[Te]c2ccc(C)cc2)c2ccccc2)[C@H](OC(C)=O)[C@@H](OC(C)=O)[C@H]1OC(C)=O. The Morgan fingerprint density at radius 2 is 1.33 bits per heavy atom. The monoisotopic (exact) mass is 654 g/mol. The van der Waals surface area contributed by atoms with E-state index in [2.05, 4.69) is 24.3 Å². The molecule has 10 heteroatoms. The molecule has 0 N–H and O–H groups in total. The first-order chi connectivity index (χ1) is 18.5. The maximum atomic E-state index is 12.2. The predicted molar refractivity (Wildman–Crippen MR) is 143 cm³/mol. The van der Waals surface area contributed by atoms with Crippen LogP contribution in [-0.4, -0.2) is 81.9 Å². The van der Waals surface area contributed by atoms with Crippen LogP contribution in [0.2, 0.25) is 0 Å². The maximum absolute atomic E-state index is 12.2. The Hall–Kier alpha value is -3.19. The Morgan fingerprint density at radius 1 is 0.769 bits per heavy atom. The molecule has 0 bridgehead atoms. The number of benzene rings is 2. The zero-order valence-electron chi connectivity index (χ0n) is 22.4. The van der Waals surface area contributed by atoms with Crippen LogP contribution in [0.4, 0.5) is 0 Å². The summed E-state index contributed by atoms with van der Waals surface area (Å²) in [5.41, 5.74) is 2.12. The molecule has 0 unspecified atom stereocenters. The van der Waals surface area contributed by atoms with Gasteiger partial charge in [0.2, 0.25) is 0 Å².